The third-order valence-corrected chi connectivity index (χ3v) is 4.51. The topological polar surface area (TPSA) is 72.5 Å². The van der Waals surface area contributed by atoms with Gasteiger partial charge in [-0.3, -0.25) is 4.79 Å². The molecule has 1 saturated heterocycles. The molecule has 0 aromatic rings. The molecule has 0 aliphatic carbocycles. The molecule has 0 aromatic carbocycles. The molecule has 0 unspecified atom stereocenters. The van der Waals surface area contributed by atoms with E-state index in [0.29, 0.717) is 26.0 Å². The minimum Gasteiger partial charge on any atom is -0.465 e. The number of hydrogen-bond acceptors (Lipinski definition) is 5. The number of carbonyl (C=O) groups excluding carboxylic acids is 1. The summed E-state index contributed by atoms with van der Waals surface area (Å²) < 4.78 is 27.7. The van der Waals surface area contributed by atoms with Crippen molar-refractivity contribution < 1.29 is 17.9 Å². The smallest absolute Gasteiger partial charge is 0.326 e. The monoisotopic (exact) mass is 249 g/mol. The molecular weight excluding hydrogens is 230 g/mol. The van der Waals surface area contributed by atoms with E-state index in [0.717, 1.165) is 0 Å². The van der Waals surface area contributed by atoms with E-state index in [-0.39, 0.29) is 17.5 Å². The molecule has 1 N–H and O–H groups in total. The first-order chi connectivity index (χ1) is 7.46. The summed E-state index contributed by atoms with van der Waals surface area (Å²) in [5.41, 5.74) is -0.796. The molecule has 1 rings (SSSR count). The van der Waals surface area contributed by atoms with Gasteiger partial charge < -0.3 is 10.1 Å². The van der Waals surface area contributed by atoms with Crippen molar-refractivity contribution in [2.75, 3.05) is 24.7 Å². The van der Waals surface area contributed by atoms with Crippen LogP contribution in [-0.4, -0.2) is 44.6 Å². The number of sulfone groups is 1. The van der Waals surface area contributed by atoms with Crippen molar-refractivity contribution in [3.63, 3.8) is 0 Å². The van der Waals surface area contributed by atoms with Gasteiger partial charge in [-0.15, -0.1) is 0 Å². The molecule has 0 atom stereocenters. The number of hydrogen-bond donors (Lipinski definition) is 1. The van der Waals surface area contributed by atoms with Crippen LogP contribution in [-0.2, 0) is 19.4 Å². The van der Waals surface area contributed by atoms with Crippen LogP contribution in [0.25, 0.3) is 0 Å². The van der Waals surface area contributed by atoms with E-state index in [2.05, 4.69) is 5.32 Å². The van der Waals surface area contributed by atoms with Crippen LogP contribution in [0.5, 0.6) is 0 Å². The van der Waals surface area contributed by atoms with Crippen molar-refractivity contribution in [2.45, 2.75) is 32.2 Å². The summed E-state index contributed by atoms with van der Waals surface area (Å²) in [5, 5.41) is 3.08. The van der Waals surface area contributed by atoms with Crippen LogP contribution in [0.4, 0.5) is 0 Å². The SMILES string of the molecule is CCNC1(C(=O)OCC)CCS(=O)(=O)CC1. The molecule has 1 fully saturated rings. The highest BCUT2D eigenvalue weighted by atomic mass is 32.2. The molecule has 0 saturated carbocycles. The first kappa shape index (κ1) is 13.4. The molecule has 1 aliphatic rings. The molecule has 94 valence electrons. The third kappa shape index (κ3) is 2.95. The van der Waals surface area contributed by atoms with E-state index in [1.54, 1.807) is 6.92 Å². The zero-order chi connectivity index (χ0) is 12.2. The Labute approximate surface area is 96.5 Å². The minimum absolute atomic E-state index is 0.0544. The van der Waals surface area contributed by atoms with Gasteiger partial charge in [-0.05, 0) is 26.3 Å². The minimum atomic E-state index is -2.97. The van der Waals surface area contributed by atoms with Gasteiger partial charge in [0.05, 0.1) is 18.1 Å². The fraction of sp³-hybridized carbons (Fsp3) is 0.900. The Bertz CT molecular complexity index is 336. The Hall–Kier alpha value is -0.620. The molecule has 6 heteroatoms. The normalized spacial score (nSPS) is 22.6. The average molecular weight is 249 g/mol. The van der Waals surface area contributed by atoms with Crippen molar-refractivity contribution in [1.29, 1.82) is 0 Å². The molecule has 0 aromatic heterocycles. The van der Waals surface area contributed by atoms with Gasteiger partial charge >= 0.3 is 5.97 Å². The predicted octanol–water partition coefficient (Wildman–Crippen LogP) is 0.106. The van der Waals surface area contributed by atoms with Crippen molar-refractivity contribution in [1.82, 2.24) is 5.32 Å². The lowest BCUT2D eigenvalue weighted by atomic mass is 9.92. The Morgan fingerprint density at radius 2 is 1.88 bits per heavy atom. The van der Waals surface area contributed by atoms with Crippen LogP contribution in [0.3, 0.4) is 0 Å². The van der Waals surface area contributed by atoms with Crippen molar-refractivity contribution in [2.24, 2.45) is 0 Å². The van der Waals surface area contributed by atoms with Crippen molar-refractivity contribution in [3.8, 4) is 0 Å². The predicted molar refractivity (Wildman–Crippen MR) is 60.9 cm³/mol. The Balaban J connectivity index is 2.79. The van der Waals surface area contributed by atoms with Gasteiger partial charge in [0.15, 0.2) is 0 Å². The Kier molecular flexibility index (Phi) is 4.32. The number of esters is 1. The van der Waals surface area contributed by atoms with Crippen LogP contribution in [0.15, 0.2) is 0 Å². The second-order valence-electron chi connectivity index (χ2n) is 3.98. The summed E-state index contributed by atoms with van der Waals surface area (Å²) in [6.45, 7) is 4.58. The van der Waals surface area contributed by atoms with Crippen LogP contribution in [0, 0.1) is 0 Å². The van der Waals surface area contributed by atoms with Crippen molar-refractivity contribution in [3.05, 3.63) is 0 Å². The molecule has 0 radical (unpaired) electrons. The van der Waals surface area contributed by atoms with Gasteiger partial charge in [0.1, 0.15) is 15.4 Å². The zero-order valence-electron chi connectivity index (χ0n) is 9.78. The van der Waals surface area contributed by atoms with Gasteiger partial charge in [0, 0.05) is 0 Å². The summed E-state index contributed by atoms with van der Waals surface area (Å²) in [6.07, 6.45) is 0.615. The molecule has 0 amide bonds. The largest absolute Gasteiger partial charge is 0.465 e. The molecular formula is C10H19NO4S. The number of carbonyl (C=O) groups is 1. The number of ether oxygens (including phenoxy) is 1. The standard InChI is InChI=1S/C10H19NO4S/c1-3-11-10(9(12)15-4-2)5-7-16(13,14)8-6-10/h11H,3-8H2,1-2H3. The molecule has 1 heterocycles. The fourth-order valence-corrected chi connectivity index (χ4v) is 3.47. The van der Waals surface area contributed by atoms with Gasteiger partial charge in [-0.25, -0.2) is 8.42 Å². The molecule has 0 bridgehead atoms. The van der Waals surface area contributed by atoms with Crippen LogP contribution in [0.2, 0.25) is 0 Å². The Morgan fingerprint density at radius 3 is 2.31 bits per heavy atom. The summed E-state index contributed by atoms with van der Waals surface area (Å²) >= 11 is 0. The number of rotatable bonds is 4. The van der Waals surface area contributed by atoms with Crippen LogP contribution in [0.1, 0.15) is 26.7 Å². The second kappa shape index (κ2) is 5.14. The van der Waals surface area contributed by atoms with E-state index in [9.17, 15) is 13.2 Å². The maximum Gasteiger partial charge on any atom is 0.326 e. The molecule has 1 aliphatic heterocycles. The van der Waals surface area contributed by atoms with Crippen molar-refractivity contribution >= 4 is 15.8 Å². The lowest BCUT2D eigenvalue weighted by Gasteiger charge is -2.35. The maximum atomic E-state index is 11.8. The lowest BCUT2D eigenvalue weighted by molar-refractivity contribution is -0.151. The van der Waals surface area contributed by atoms with E-state index in [1.165, 1.54) is 0 Å². The molecule has 5 nitrogen and oxygen atoms in total. The van der Waals surface area contributed by atoms with E-state index < -0.39 is 15.4 Å². The first-order valence-corrected chi connectivity index (χ1v) is 7.40. The molecule has 0 spiro atoms. The number of nitrogens with one attached hydrogen (secondary N) is 1. The maximum absolute atomic E-state index is 11.8. The quantitative estimate of drug-likeness (QED) is 0.716. The van der Waals surface area contributed by atoms with Crippen LogP contribution < -0.4 is 5.32 Å². The highest BCUT2D eigenvalue weighted by Crippen LogP contribution is 2.25. The number of likely N-dealkylation sites (N-methyl/N-ethyl adjacent to an activating group) is 1. The summed E-state index contributed by atoms with van der Waals surface area (Å²) in [4.78, 5) is 11.8. The summed E-state index contributed by atoms with van der Waals surface area (Å²) in [6, 6.07) is 0. The molecule has 16 heavy (non-hydrogen) atoms. The summed E-state index contributed by atoms with van der Waals surface area (Å²) in [7, 11) is -2.97. The van der Waals surface area contributed by atoms with Gasteiger partial charge in [0.2, 0.25) is 0 Å². The zero-order valence-corrected chi connectivity index (χ0v) is 10.6. The van der Waals surface area contributed by atoms with Gasteiger partial charge in [-0.1, -0.05) is 6.92 Å². The second-order valence-corrected chi connectivity index (χ2v) is 6.29. The van der Waals surface area contributed by atoms with Gasteiger partial charge in [0.25, 0.3) is 0 Å². The first-order valence-electron chi connectivity index (χ1n) is 5.58. The average Bonchev–Trinajstić information content (AvgIpc) is 2.22. The highest BCUT2D eigenvalue weighted by Gasteiger charge is 2.43. The van der Waals surface area contributed by atoms with E-state index >= 15 is 0 Å². The fourth-order valence-electron chi connectivity index (χ4n) is 1.95. The summed E-state index contributed by atoms with van der Waals surface area (Å²) in [5.74, 6) is -0.218. The van der Waals surface area contributed by atoms with Crippen LogP contribution >= 0.6 is 0 Å². The lowest BCUT2D eigenvalue weighted by Crippen LogP contribution is -2.57. The third-order valence-electron chi connectivity index (χ3n) is 2.86. The Morgan fingerprint density at radius 1 is 1.31 bits per heavy atom. The van der Waals surface area contributed by atoms with Gasteiger partial charge in [-0.2, -0.15) is 0 Å². The highest BCUT2D eigenvalue weighted by molar-refractivity contribution is 7.91. The van der Waals surface area contributed by atoms with E-state index in [4.69, 9.17) is 4.74 Å². The van der Waals surface area contributed by atoms with E-state index in [1.807, 2.05) is 6.92 Å².